The van der Waals surface area contributed by atoms with Crippen LogP contribution in [-0.2, 0) is 20.7 Å². The van der Waals surface area contributed by atoms with E-state index >= 15 is 0 Å². The smallest absolute Gasteiger partial charge is 0.313 e. The Morgan fingerprint density at radius 3 is 1.68 bits per heavy atom. The molecule has 2 aromatic carbocycles. The minimum absolute atomic E-state index is 0. The molecule has 1 heterocycles. The van der Waals surface area contributed by atoms with Crippen molar-refractivity contribution < 1.29 is 28.6 Å². The molecule has 0 spiro atoms. The Balaban J connectivity index is 0. The second kappa shape index (κ2) is 30.2. The fourth-order valence-electron chi connectivity index (χ4n) is 4.28. The van der Waals surface area contributed by atoms with E-state index in [9.17, 15) is 19.5 Å². The molecule has 0 saturated carbocycles. The largest absolute Gasteiger partial charge is 0.461 e. The fraction of sp³-hybridized carbons (Fsp3) is 0.292. The number of hydrogen-bond acceptors (Lipinski definition) is 6. The minimum atomic E-state index is -1.53. The Morgan fingerprint density at radius 1 is 0.804 bits per heavy atom. The third-order valence-electron chi connectivity index (χ3n) is 6.37. The highest BCUT2D eigenvalue weighted by atomic mass is 28.3. The summed E-state index contributed by atoms with van der Waals surface area (Å²) in [6, 6.07) is 19.4. The molecule has 56 heavy (non-hydrogen) atoms. The van der Waals surface area contributed by atoms with Gasteiger partial charge in [0.2, 0.25) is 0 Å². The Kier molecular flexibility index (Phi) is 28.0. The highest BCUT2D eigenvalue weighted by Gasteiger charge is 2.29. The van der Waals surface area contributed by atoms with Gasteiger partial charge in [-0.15, -0.1) is 11.5 Å². The van der Waals surface area contributed by atoms with Crippen molar-refractivity contribution in [2.75, 3.05) is 6.61 Å². The van der Waals surface area contributed by atoms with Crippen LogP contribution in [0.25, 0.3) is 11.3 Å². The highest BCUT2D eigenvalue weighted by Crippen LogP contribution is 2.27. The van der Waals surface area contributed by atoms with Crippen LogP contribution in [0.2, 0.25) is 39.3 Å². The topological polar surface area (TPSA) is 93.8 Å². The number of aldehydes is 1. The number of carbonyl (C=O) groups excluding carboxylic acids is 3. The number of hydrogen-bond donors (Lipinski definition) is 1. The van der Waals surface area contributed by atoms with Gasteiger partial charge < -0.3 is 14.3 Å². The quantitative estimate of drug-likeness (QED) is 0.0465. The van der Waals surface area contributed by atoms with Gasteiger partial charge in [0.05, 0.1) is 8.07 Å². The lowest BCUT2D eigenvalue weighted by Crippen LogP contribution is -2.40. The minimum Gasteiger partial charge on any atom is -0.461 e. The van der Waals surface area contributed by atoms with E-state index in [2.05, 4.69) is 144 Å². The molecule has 0 aliphatic rings. The molecule has 0 aliphatic carbocycles. The standard InChI is InChI=1S/C16H22O2Si.C13H4.C11H18O3Si.C7H6O.CH4/c1-12-14(10-11-17)16(19(2,3)4)15(18-12)13-8-6-5-7-9-13;1-3-5-7-9-11-13-12-10-8-6-4-2;1-10(12)14-11(13)8-6-5-7-9-15(2,3)4;8-6-7-4-2-1-3-5-7;/h5-9,17H,10-11H2,1-4H3;1-2H2;5-6,8H2,1-4H3;1-6H;1H4. The van der Waals surface area contributed by atoms with E-state index in [4.69, 9.17) is 4.42 Å². The van der Waals surface area contributed by atoms with Crippen LogP contribution in [0.5, 0.6) is 0 Å². The average molecular weight is 783 g/mol. The molecule has 0 unspecified atom stereocenters. The Hall–Kier alpha value is -6.20. The molecule has 6 nitrogen and oxygen atoms in total. The molecule has 3 rings (SSSR count). The summed E-state index contributed by atoms with van der Waals surface area (Å²) in [4.78, 5) is 31.3. The summed E-state index contributed by atoms with van der Waals surface area (Å²) in [7, 11) is -2.82. The SMILES string of the molecule is C.C=C=C=C=C=C=C=C=C=C=C=C=C.CC(=O)OC(=O)CCCC#C[Si](C)(C)C.Cc1oc(-c2ccccc2)c([Si](C)(C)C)c1CCO.O=Cc1ccccc1. The van der Waals surface area contributed by atoms with Gasteiger partial charge in [-0.1, -0.05) is 119 Å². The third kappa shape index (κ3) is 25.7. The molecule has 290 valence electrons. The number of aliphatic hydroxyl groups is 1. The maximum absolute atomic E-state index is 10.9. The van der Waals surface area contributed by atoms with Gasteiger partial charge in [-0.2, -0.15) is 0 Å². The van der Waals surface area contributed by atoms with Crippen molar-refractivity contribution in [1.29, 1.82) is 0 Å². The summed E-state index contributed by atoms with van der Waals surface area (Å²) >= 11 is 0. The van der Waals surface area contributed by atoms with Crippen molar-refractivity contribution in [1.82, 2.24) is 0 Å². The van der Waals surface area contributed by atoms with Gasteiger partial charge in [0.25, 0.3) is 0 Å². The van der Waals surface area contributed by atoms with E-state index < -0.39 is 28.1 Å². The van der Waals surface area contributed by atoms with Crippen molar-refractivity contribution in [3.63, 3.8) is 0 Å². The fourth-order valence-corrected chi connectivity index (χ4v) is 7.01. The summed E-state index contributed by atoms with van der Waals surface area (Å²) in [5.41, 5.74) is 33.2. The third-order valence-corrected chi connectivity index (χ3v) is 9.33. The Morgan fingerprint density at radius 2 is 1.29 bits per heavy atom. The number of unbranched alkanes of at least 4 members (excludes halogenated alkanes) is 1. The molecule has 0 amide bonds. The molecule has 1 aromatic heterocycles. The Labute approximate surface area is 336 Å². The predicted molar refractivity (Wildman–Crippen MR) is 233 cm³/mol. The number of ether oxygens (including phenoxy) is 1. The normalized spacial score (nSPS) is 8.80. The number of furan rings is 1. The second-order valence-electron chi connectivity index (χ2n) is 13.3. The maximum Gasteiger partial charge on any atom is 0.313 e. The molecule has 0 atom stereocenters. The van der Waals surface area contributed by atoms with Gasteiger partial charge in [-0.3, -0.25) is 14.4 Å². The van der Waals surface area contributed by atoms with E-state index in [1.165, 1.54) is 17.7 Å². The first-order chi connectivity index (χ1) is 26.1. The van der Waals surface area contributed by atoms with Crippen molar-refractivity contribution in [2.24, 2.45) is 0 Å². The summed E-state index contributed by atoms with van der Waals surface area (Å²) in [5.74, 6) is 3.99. The lowest BCUT2D eigenvalue weighted by molar-refractivity contribution is -0.158. The first-order valence-corrected chi connectivity index (χ1v) is 24.4. The van der Waals surface area contributed by atoms with Crippen LogP contribution in [0.1, 0.15) is 55.3 Å². The van der Waals surface area contributed by atoms with E-state index in [1.807, 2.05) is 43.3 Å². The van der Waals surface area contributed by atoms with E-state index in [0.717, 1.165) is 28.9 Å². The molecular formula is C48H54O6Si2. The molecule has 0 saturated heterocycles. The van der Waals surface area contributed by atoms with E-state index in [-0.39, 0.29) is 20.5 Å². The van der Waals surface area contributed by atoms with Gasteiger partial charge in [-0.25, -0.2) is 0 Å². The van der Waals surface area contributed by atoms with Gasteiger partial charge >= 0.3 is 11.9 Å². The van der Waals surface area contributed by atoms with E-state index in [1.54, 1.807) is 12.1 Å². The summed E-state index contributed by atoms with van der Waals surface area (Å²) in [6.45, 7) is 23.4. The highest BCUT2D eigenvalue weighted by molar-refractivity contribution is 6.90. The lowest BCUT2D eigenvalue weighted by atomic mass is 10.1. The van der Waals surface area contributed by atoms with Crippen LogP contribution in [0, 0.1) is 18.4 Å². The molecule has 0 aliphatic heterocycles. The molecule has 0 radical (unpaired) electrons. The molecule has 3 aromatic rings. The number of carbonyl (C=O) groups is 3. The van der Waals surface area contributed by atoms with Gasteiger partial charge in [0, 0.05) is 37.5 Å². The predicted octanol–water partition coefficient (Wildman–Crippen LogP) is 10.1. The monoisotopic (exact) mass is 782 g/mol. The van der Waals surface area contributed by atoms with Gasteiger partial charge in [-0.05, 0) is 95.3 Å². The zero-order valence-corrected chi connectivity index (χ0v) is 35.3. The lowest BCUT2D eigenvalue weighted by Gasteiger charge is -2.19. The van der Waals surface area contributed by atoms with Crippen LogP contribution >= 0.6 is 0 Å². The number of aliphatic hydroxyl groups excluding tert-OH is 1. The zero-order valence-electron chi connectivity index (χ0n) is 33.3. The Bertz CT molecular complexity index is 2140. The first-order valence-electron chi connectivity index (χ1n) is 17.4. The van der Waals surface area contributed by atoms with Crippen LogP contribution < -0.4 is 5.19 Å². The van der Waals surface area contributed by atoms with Crippen molar-refractivity contribution in [2.45, 2.75) is 86.2 Å². The average Bonchev–Trinajstić information content (AvgIpc) is 3.48. The van der Waals surface area contributed by atoms with E-state index in [0.29, 0.717) is 19.3 Å². The molecule has 0 bridgehead atoms. The maximum atomic E-state index is 10.9. The second-order valence-corrected chi connectivity index (χ2v) is 23.1. The van der Waals surface area contributed by atoms with Gasteiger partial charge in [0.15, 0.2) is 0 Å². The van der Waals surface area contributed by atoms with Crippen molar-refractivity contribution in [3.8, 4) is 22.8 Å². The molecular weight excluding hydrogens is 729 g/mol. The number of benzene rings is 2. The van der Waals surface area contributed by atoms with Crippen LogP contribution in [0.4, 0.5) is 0 Å². The number of esters is 2. The summed E-state index contributed by atoms with van der Waals surface area (Å²) in [5, 5.41) is 10.6. The molecule has 1 N–H and O–H groups in total. The number of aryl methyl sites for hydroxylation is 1. The first kappa shape index (κ1) is 51.9. The zero-order chi connectivity index (χ0) is 41.5. The summed E-state index contributed by atoms with van der Waals surface area (Å²) in [6.07, 6.45) is 3.13. The van der Waals surface area contributed by atoms with Crippen LogP contribution in [0.3, 0.4) is 0 Å². The van der Waals surface area contributed by atoms with Crippen LogP contribution in [-0.4, -0.2) is 46.1 Å². The number of rotatable bonds is 8. The van der Waals surface area contributed by atoms with Crippen molar-refractivity contribution >= 4 is 39.6 Å². The molecule has 8 heteroatoms. The summed E-state index contributed by atoms with van der Waals surface area (Å²) < 4.78 is 10.4. The van der Waals surface area contributed by atoms with Crippen LogP contribution in [0.15, 0.2) is 141 Å². The molecule has 0 fully saturated rings. The van der Waals surface area contributed by atoms with Crippen molar-refractivity contribution in [3.05, 3.63) is 154 Å². The van der Waals surface area contributed by atoms with Gasteiger partial charge in [0.1, 0.15) is 25.9 Å².